The Labute approximate surface area is 125 Å². The maximum Gasteiger partial charge on any atom is 0.491 e. The Balaban J connectivity index is 1.92. The molecule has 1 N–H and O–H groups in total. The van der Waals surface area contributed by atoms with Crippen LogP contribution in [0.15, 0.2) is 46.2 Å². The first-order valence-electron chi connectivity index (χ1n) is 5.69. The van der Waals surface area contributed by atoms with Crippen LogP contribution in [0.2, 0.25) is 10.0 Å². The van der Waals surface area contributed by atoms with Crippen molar-refractivity contribution in [2.45, 2.75) is 16.4 Å². The van der Waals surface area contributed by atoms with Crippen molar-refractivity contribution in [2.24, 2.45) is 0 Å². The van der Waals surface area contributed by atoms with Gasteiger partial charge in [0.15, 0.2) is 0 Å². The average molecular weight is 311 g/mol. The van der Waals surface area contributed by atoms with Crippen LogP contribution in [0.25, 0.3) is 0 Å². The Morgan fingerprint density at radius 2 is 2.00 bits per heavy atom. The van der Waals surface area contributed by atoms with Gasteiger partial charge in [0, 0.05) is 14.8 Å². The first-order valence-corrected chi connectivity index (χ1v) is 7.26. The Bertz CT molecular complexity index is 636. The molecular formula is C13H9BCl2O2S. The lowest BCUT2D eigenvalue weighted by Gasteiger charge is -2.06. The molecular weight excluding hydrogens is 302 g/mol. The Kier molecular flexibility index (Phi) is 3.78. The lowest BCUT2D eigenvalue weighted by Crippen LogP contribution is -2.27. The first-order chi connectivity index (χ1) is 9.13. The van der Waals surface area contributed by atoms with Crippen molar-refractivity contribution >= 4 is 47.5 Å². The minimum absolute atomic E-state index is 0.458. The topological polar surface area (TPSA) is 29.5 Å². The third-order valence-corrected chi connectivity index (χ3v) is 4.63. The molecule has 2 nitrogen and oxygen atoms in total. The van der Waals surface area contributed by atoms with E-state index in [0.717, 1.165) is 20.8 Å². The van der Waals surface area contributed by atoms with Crippen LogP contribution in [-0.2, 0) is 11.3 Å². The molecule has 6 heteroatoms. The number of rotatable bonds is 2. The summed E-state index contributed by atoms with van der Waals surface area (Å²) in [5, 5.41) is 11.0. The number of hydrogen-bond acceptors (Lipinski definition) is 3. The van der Waals surface area contributed by atoms with Gasteiger partial charge in [0.05, 0.1) is 11.6 Å². The van der Waals surface area contributed by atoms with Crippen molar-refractivity contribution in [1.82, 2.24) is 0 Å². The third-order valence-electron chi connectivity index (χ3n) is 2.90. The molecule has 3 rings (SSSR count). The molecule has 0 radical (unpaired) electrons. The highest BCUT2D eigenvalue weighted by atomic mass is 35.5. The van der Waals surface area contributed by atoms with Crippen LogP contribution in [0, 0.1) is 0 Å². The molecule has 1 aliphatic rings. The second-order valence-electron chi connectivity index (χ2n) is 4.20. The molecule has 0 saturated heterocycles. The van der Waals surface area contributed by atoms with E-state index in [0.29, 0.717) is 16.7 Å². The molecule has 0 spiro atoms. The highest BCUT2D eigenvalue weighted by molar-refractivity contribution is 7.99. The molecule has 0 saturated carbocycles. The summed E-state index contributed by atoms with van der Waals surface area (Å²) in [5.74, 6) is 0. The Hall–Kier alpha value is -0.645. The van der Waals surface area contributed by atoms with Gasteiger partial charge in [0.25, 0.3) is 0 Å². The van der Waals surface area contributed by atoms with Gasteiger partial charge in [-0.1, -0.05) is 41.0 Å². The minimum Gasteiger partial charge on any atom is -0.423 e. The van der Waals surface area contributed by atoms with Gasteiger partial charge in [-0.05, 0) is 41.4 Å². The summed E-state index contributed by atoms with van der Waals surface area (Å²) in [6.07, 6.45) is 0. The summed E-state index contributed by atoms with van der Waals surface area (Å²) in [7, 11) is -0.828. The third kappa shape index (κ3) is 2.78. The van der Waals surface area contributed by atoms with Crippen molar-refractivity contribution < 1.29 is 9.68 Å². The fraction of sp³-hybridized carbons (Fsp3) is 0.0769. The van der Waals surface area contributed by atoms with Gasteiger partial charge in [-0.2, -0.15) is 0 Å². The molecule has 0 amide bonds. The predicted molar refractivity (Wildman–Crippen MR) is 79.4 cm³/mol. The van der Waals surface area contributed by atoms with Gasteiger partial charge in [-0.15, -0.1) is 0 Å². The van der Waals surface area contributed by atoms with Gasteiger partial charge in [-0.3, -0.25) is 0 Å². The molecule has 0 unspecified atom stereocenters. The molecule has 0 aliphatic carbocycles. The van der Waals surface area contributed by atoms with Crippen molar-refractivity contribution in [3.8, 4) is 0 Å². The van der Waals surface area contributed by atoms with Crippen LogP contribution in [0.4, 0.5) is 0 Å². The van der Waals surface area contributed by atoms with Crippen molar-refractivity contribution in [3.63, 3.8) is 0 Å². The fourth-order valence-corrected chi connectivity index (χ4v) is 3.34. The quantitative estimate of drug-likeness (QED) is 0.863. The zero-order valence-corrected chi connectivity index (χ0v) is 12.1. The number of fused-ring (bicyclic) bond motifs is 1. The minimum atomic E-state index is -0.828. The highest BCUT2D eigenvalue weighted by Crippen LogP contribution is 2.35. The first kappa shape index (κ1) is 13.3. The molecule has 0 bridgehead atoms. The van der Waals surface area contributed by atoms with Gasteiger partial charge < -0.3 is 9.68 Å². The molecule has 1 aliphatic heterocycles. The van der Waals surface area contributed by atoms with E-state index in [1.165, 1.54) is 11.8 Å². The summed E-state index contributed by atoms with van der Waals surface area (Å²) in [4.78, 5) is 1.88. The number of halogens is 2. The Morgan fingerprint density at radius 1 is 1.16 bits per heavy atom. The summed E-state index contributed by atoms with van der Waals surface area (Å²) < 4.78 is 5.17. The Morgan fingerprint density at radius 3 is 2.84 bits per heavy atom. The van der Waals surface area contributed by atoms with Crippen LogP contribution in [0.3, 0.4) is 0 Å². The molecule has 2 aromatic rings. The van der Waals surface area contributed by atoms with Crippen molar-refractivity contribution in [3.05, 3.63) is 52.0 Å². The van der Waals surface area contributed by atoms with Crippen LogP contribution in [-0.4, -0.2) is 12.1 Å². The summed E-state index contributed by atoms with van der Waals surface area (Å²) in [5.41, 5.74) is 1.84. The van der Waals surface area contributed by atoms with Gasteiger partial charge in [0.2, 0.25) is 0 Å². The van der Waals surface area contributed by atoms with Crippen molar-refractivity contribution in [1.29, 1.82) is 0 Å². The maximum atomic E-state index is 9.69. The average Bonchev–Trinajstić information content (AvgIpc) is 2.76. The van der Waals surface area contributed by atoms with E-state index in [4.69, 9.17) is 27.9 Å². The molecule has 0 aromatic heterocycles. The summed E-state index contributed by atoms with van der Waals surface area (Å²) >= 11 is 13.6. The van der Waals surface area contributed by atoms with Crippen LogP contribution in [0.1, 0.15) is 5.56 Å². The van der Waals surface area contributed by atoms with E-state index < -0.39 is 7.12 Å². The van der Waals surface area contributed by atoms with Crippen molar-refractivity contribution in [2.75, 3.05) is 0 Å². The largest absolute Gasteiger partial charge is 0.491 e. The second kappa shape index (κ2) is 5.39. The molecule has 1 heterocycles. The SMILES string of the molecule is OB1OCc2ccc(Sc3cc(Cl)ccc3Cl)cc21. The van der Waals surface area contributed by atoms with Gasteiger partial charge in [0.1, 0.15) is 0 Å². The lowest BCUT2D eigenvalue weighted by atomic mass is 9.80. The fourth-order valence-electron chi connectivity index (χ4n) is 1.94. The van der Waals surface area contributed by atoms with Crippen LogP contribution >= 0.6 is 35.0 Å². The van der Waals surface area contributed by atoms with E-state index in [9.17, 15) is 5.02 Å². The van der Waals surface area contributed by atoms with Crippen LogP contribution in [0.5, 0.6) is 0 Å². The summed E-state index contributed by atoms with van der Waals surface area (Å²) in [6.45, 7) is 0.458. The lowest BCUT2D eigenvalue weighted by molar-refractivity contribution is 0.275. The molecule has 0 atom stereocenters. The normalized spacial score (nSPS) is 13.7. The van der Waals surface area contributed by atoms with E-state index in [1.54, 1.807) is 12.1 Å². The maximum absolute atomic E-state index is 9.69. The van der Waals surface area contributed by atoms with E-state index in [1.807, 2.05) is 24.3 Å². The van der Waals surface area contributed by atoms with Crippen LogP contribution < -0.4 is 5.46 Å². The van der Waals surface area contributed by atoms with E-state index in [2.05, 4.69) is 0 Å². The number of hydrogen-bond donors (Lipinski definition) is 1. The monoisotopic (exact) mass is 310 g/mol. The zero-order chi connectivity index (χ0) is 13.4. The van der Waals surface area contributed by atoms with Gasteiger partial charge in [-0.25, -0.2) is 0 Å². The number of benzene rings is 2. The van der Waals surface area contributed by atoms with Gasteiger partial charge >= 0.3 is 7.12 Å². The highest BCUT2D eigenvalue weighted by Gasteiger charge is 2.27. The van der Waals surface area contributed by atoms with E-state index >= 15 is 0 Å². The zero-order valence-electron chi connectivity index (χ0n) is 9.77. The standard InChI is InChI=1S/C13H9BCl2O2S/c15-9-2-4-12(16)13(5-9)19-10-3-1-8-7-18-14(17)11(8)6-10/h1-6,17H,7H2. The molecule has 0 fully saturated rings. The smallest absolute Gasteiger partial charge is 0.423 e. The second-order valence-corrected chi connectivity index (χ2v) is 6.16. The molecule has 2 aromatic carbocycles. The molecule has 96 valence electrons. The predicted octanol–water partition coefficient (Wildman–Crippen LogP) is 3.36. The molecule has 19 heavy (non-hydrogen) atoms. The van der Waals surface area contributed by atoms with E-state index in [-0.39, 0.29) is 0 Å². The summed E-state index contributed by atoms with van der Waals surface area (Å²) in [6, 6.07) is 11.2.